The lowest BCUT2D eigenvalue weighted by molar-refractivity contribution is -0.134. The zero-order valence-corrected chi connectivity index (χ0v) is 13.6. The highest BCUT2D eigenvalue weighted by Gasteiger charge is 2.40. The van der Waals surface area contributed by atoms with Gasteiger partial charge in [-0.15, -0.1) is 12.4 Å². The van der Waals surface area contributed by atoms with Gasteiger partial charge in [0.25, 0.3) is 5.91 Å². The van der Waals surface area contributed by atoms with Gasteiger partial charge >= 0.3 is 0 Å². The number of imide groups is 1. The first-order valence-electron chi connectivity index (χ1n) is 7.53. The Morgan fingerprint density at radius 1 is 1.17 bits per heavy atom. The van der Waals surface area contributed by atoms with Crippen LogP contribution in [0.1, 0.15) is 28.8 Å². The quantitative estimate of drug-likeness (QED) is 0.806. The van der Waals surface area contributed by atoms with Gasteiger partial charge in [0.2, 0.25) is 11.8 Å². The number of nitrogens with zero attached hydrogens (tertiary/aromatic N) is 1. The smallest absolute Gasteiger partial charge is 0.259 e. The molecular weight excluding hydrogens is 330 g/mol. The lowest BCUT2D eigenvalue weighted by Gasteiger charge is -2.30. The van der Waals surface area contributed by atoms with Crippen molar-refractivity contribution in [3.63, 3.8) is 0 Å². The van der Waals surface area contributed by atoms with E-state index in [0.717, 1.165) is 16.3 Å². The maximum absolute atomic E-state index is 12.8. The molecule has 2 aromatic rings. The molecule has 24 heavy (non-hydrogen) atoms. The predicted octanol–water partition coefficient (Wildman–Crippen LogP) is 1.49. The van der Waals surface area contributed by atoms with Crippen LogP contribution in [0, 0.1) is 0 Å². The molecule has 0 bridgehead atoms. The molecule has 0 spiro atoms. The van der Waals surface area contributed by atoms with E-state index in [1.807, 2.05) is 24.3 Å². The van der Waals surface area contributed by atoms with E-state index in [0.29, 0.717) is 24.2 Å². The molecule has 4 rings (SSSR count). The number of piperidine rings is 1. The summed E-state index contributed by atoms with van der Waals surface area (Å²) in [5.41, 5.74) is 8.04. The Labute approximate surface area is 144 Å². The minimum absolute atomic E-state index is 0. The molecule has 0 saturated carbocycles. The van der Waals surface area contributed by atoms with E-state index >= 15 is 0 Å². The molecule has 2 aliphatic rings. The van der Waals surface area contributed by atoms with Crippen LogP contribution in [-0.4, -0.2) is 23.8 Å². The van der Waals surface area contributed by atoms with Crippen molar-refractivity contribution in [1.82, 2.24) is 5.32 Å². The number of hydrogen-bond acceptors (Lipinski definition) is 4. The van der Waals surface area contributed by atoms with Gasteiger partial charge in [-0.1, -0.05) is 18.2 Å². The zero-order valence-electron chi connectivity index (χ0n) is 12.7. The van der Waals surface area contributed by atoms with E-state index < -0.39 is 11.9 Å². The molecule has 0 aliphatic carbocycles. The van der Waals surface area contributed by atoms with E-state index in [1.165, 1.54) is 4.90 Å². The Balaban J connectivity index is 0.00000169. The van der Waals surface area contributed by atoms with Gasteiger partial charge in [-0.2, -0.15) is 0 Å². The molecule has 1 fully saturated rings. The van der Waals surface area contributed by atoms with E-state index in [1.54, 1.807) is 6.07 Å². The summed E-state index contributed by atoms with van der Waals surface area (Å²) in [6.07, 6.45) is 0.574. The summed E-state index contributed by atoms with van der Waals surface area (Å²) in [4.78, 5) is 37.9. The van der Waals surface area contributed by atoms with Gasteiger partial charge in [0.15, 0.2) is 0 Å². The number of benzene rings is 2. The van der Waals surface area contributed by atoms with Crippen molar-refractivity contribution in [3.05, 3.63) is 41.5 Å². The fraction of sp³-hybridized carbons (Fsp3) is 0.235. The maximum Gasteiger partial charge on any atom is 0.259 e. The van der Waals surface area contributed by atoms with Crippen molar-refractivity contribution in [2.24, 2.45) is 5.73 Å². The van der Waals surface area contributed by atoms with Crippen LogP contribution in [0.2, 0.25) is 0 Å². The molecule has 124 valence electrons. The number of halogens is 1. The van der Waals surface area contributed by atoms with Gasteiger partial charge < -0.3 is 5.73 Å². The molecule has 7 heteroatoms. The molecule has 1 unspecified atom stereocenters. The summed E-state index contributed by atoms with van der Waals surface area (Å²) in [5.74, 6) is -0.910. The van der Waals surface area contributed by atoms with Gasteiger partial charge in [-0.05, 0) is 29.5 Å². The lowest BCUT2D eigenvalue weighted by atomic mass is 10.00. The van der Waals surface area contributed by atoms with Gasteiger partial charge in [0.05, 0.1) is 5.69 Å². The lowest BCUT2D eigenvalue weighted by Crippen LogP contribution is -2.53. The second-order valence-corrected chi connectivity index (χ2v) is 5.82. The summed E-state index contributed by atoms with van der Waals surface area (Å²) >= 11 is 0. The molecule has 6 nitrogen and oxygen atoms in total. The number of anilines is 1. The van der Waals surface area contributed by atoms with Crippen LogP contribution in [0.4, 0.5) is 5.69 Å². The van der Waals surface area contributed by atoms with Gasteiger partial charge in [0.1, 0.15) is 6.04 Å². The highest BCUT2D eigenvalue weighted by molar-refractivity contribution is 6.27. The normalized spacial score (nSPS) is 19.5. The van der Waals surface area contributed by atoms with Crippen LogP contribution < -0.4 is 16.0 Å². The molecule has 0 aromatic heterocycles. The standard InChI is InChI=1S/C17H15N3O3.ClH/c18-8-9-4-5-11-15-10(9)2-1-3-12(15)20(17(11)23)13-6-7-14(21)19-16(13)22;/h1-5,13H,6-8,18H2,(H,19,21,22);1H. The van der Waals surface area contributed by atoms with Crippen LogP contribution in [0.15, 0.2) is 30.3 Å². The van der Waals surface area contributed by atoms with E-state index in [-0.39, 0.29) is 30.6 Å². The fourth-order valence-electron chi connectivity index (χ4n) is 3.48. The monoisotopic (exact) mass is 345 g/mol. The number of amides is 3. The van der Waals surface area contributed by atoms with Crippen LogP contribution in [0.25, 0.3) is 10.8 Å². The van der Waals surface area contributed by atoms with Crippen LogP contribution in [-0.2, 0) is 16.1 Å². The van der Waals surface area contributed by atoms with Crippen LogP contribution in [0.5, 0.6) is 0 Å². The Bertz CT molecular complexity index is 881. The SMILES string of the molecule is Cl.NCc1ccc2c3c(cccc13)N(C1CCC(=O)NC1=O)C2=O. The molecule has 0 radical (unpaired) electrons. The molecule has 3 N–H and O–H groups in total. The first-order chi connectivity index (χ1) is 11.1. The fourth-order valence-corrected chi connectivity index (χ4v) is 3.48. The summed E-state index contributed by atoms with van der Waals surface area (Å²) in [6.45, 7) is 0.382. The molecule has 2 aromatic carbocycles. The topological polar surface area (TPSA) is 92.5 Å². The summed E-state index contributed by atoms with van der Waals surface area (Å²) in [6, 6.07) is 8.60. The average molecular weight is 346 g/mol. The number of carbonyl (C=O) groups excluding carboxylic acids is 3. The molecule has 1 atom stereocenters. The van der Waals surface area contributed by atoms with Crippen molar-refractivity contribution in [1.29, 1.82) is 0 Å². The van der Waals surface area contributed by atoms with Gasteiger partial charge in [-0.3, -0.25) is 24.6 Å². The first kappa shape index (κ1) is 16.4. The van der Waals surface area contributed by atoms with Crippen molar-refractivity contribution < 1.29 is 14.4 Å². The van der Waals surface area contributed by atoms with Crippen molar-refractivity contribution in [2.75, 3.05) is 4.90 Å². The molecule has 3 amide bonds. The predicted molar refractivity (Wildman–Crippen MR) is 92.1 cm³/mol. The largest absolute Gasteiger partial charge is 0.326 e. The number of nitrogens with one attached hydrogen (secondary N) is 1. The first-order valence-corrected chi connectivity index (χ1v) is 7.53. The minimum Gasteiger partial charge on any atom is -0.326 e. The second-order valence-electron chi connectivity index (χ2n) is 5.82. The van der Waals surface area contributed by atoms with Crippen molar-refractivity contribution in [3.8, 4) is 0 Å². The Morgan fingerprint density at radius 3 is 2.67 bits per heavy atom. The number of rotatable bonds is 2. The minimum atomic E-state index is -0.653. The molecule has 2 heterocycles. The van der Waals surface area contributed by atoms with Crippen LogP contribution >= 0.6 is 12.4 Å². The number of nitrogens with two attached hydrogens (primary N) is 1. The molecular formula is C17H16ClN3O3. The summed E-state index contributed by atoms with van der Waals surface area (Å²) in [5, 5.41) is 4.09. The molecule has 1 saturated heterocycles. The van der Waals surface area contributed by atoms with E-state index in [2.05, 4.69) is 5.32 Å². The van der Waals surface area contributed by atoms with Crippen molar-refractivity contribution in [2.45, 2.75) is 25.4 Å². The Morgan fingerprint density at radius 2 is 1.96 bits per heavy atom. The third-order valence-electron chi connectivity index (χ3n) is 4.56. The number of hydrogen-bond donors (Lipinski definition) is 2. The third kappa shape index (κ3) is 2.18. The Kier molecular flexibility index (Phi) is 4.03. The molecule has 2 aliphatic heterocycles. The van der Waals surface area contributed by atoms with Crippen molar-refractivity contribution >= 4 is 46.6 Å². The zero-order chi connectivity index (χ0) is 16.1. The Hall–Kier alpha value is -2.44. The second kappa shape index (κ2) is 5.89. The van der Waals surface area contributed by atoms with E-state index in [9.17, 15) is 14.4 Å². The maximum atomic E-state index is 12.8. The summed E-state index contributed by atoms with van der Waals surface area (Å²) < 4.78 is 0. The average Bonchev–Trinajstić information content (AvgIpc) is 2.83. The number of carbonyl (C=O) groups is 3. The summed E-state index contributed by atoms with van der Waals surface area (Å²) in [7, 11) is 0. The third-order valence-corrected chi connectivity index (χ3v) is 4.56. The highest BCUT2D eigenvalue weighted by atomic mass is 35.5. The highest BCUT2D eigenvalue weighted by Crippen LogP contribution is 2.40. The van der Waals surface area contributed by atoms with E-state index in [4.69, 9.17) is 5.73 Å². The van der Waals surface area contributed by atoms with Gasteiger partial charge in [-0.25, -0.2) is 0 Å². The van der Waals surface area contributed by atoms with Gasteiger partial charge in [0, 0.05) is 23.9 Å². The van der Waals surface area contributed by atoms with Crippen LogP contribution in [0.3, 0.4) is 0 Å².